The van der Waals surface area contributed by atoms with Gasteiger partial charge in [-0.1, -0.05) is 13.3 Å². The molecule has 0 saturated carbocycles. The summed E-state index contributed by atoms with van der Waals surface area (Å²) in [4.78, 5) is 28.3. The Labute approximate surface area is 169 Å². The maximum atomic E-state index is 12.2. The van der Waals surface area contributed by atoms with Gasteiger partial charge in [0.15, 0.2) is 0 Å². The number of rotatable bonds is 9. The van der Waals surface area contributed by atoms with Crippen LogP contribution in [0.15, 0.2) is 67.3 Å². The summed E-state index contributed by atoms with van der Waals surface area (Å²) in [5.74, 6) is 0.121. The first-order chi connectivity index (χ1) is 14.2. The molecule has 0 atom stereocenters. The number of nitrogens with one attached hydrogen (secondary N) is 2. The van der Waals surface area contributed by atoms with E-state index in [4.69, 9.17) is 4.74 Å². The molecule has 7 heteroatoms. The summed E-state index contributed by atoms with van der Waals surface area (Å²) in [6, 6.07) is 14.2. The van der Waals surface area contributed by atoms with E-state index in [9.17, 15) is 9.59 Å². The number of benzene rings is 2. The largest absolute Gasteiger partial charge is 0.494 e. The van der Waals surface area contributed by atoms with Crippen molar-refractivity contribution in [2.45, 2.75) is 19.8 Å². The zero-order valence-electron chi connectivity index (χ0n) is 16.3. The summed E-state index contributed by atoms with van der Waals surface area (Å²) in [6.07, 6.45) is 7.30. The maximum absolute atomic E-state index is 12.2. The van der Waals surface area contributed by atoms with Crippen LogP contribution in [0.4, 0.5) is 5.69 Å². The second-order valence-corrected chi connectivity index (χ2v) is 6.47. The molecule has 0 aliphatic heterocycles. The number of aromatic nitrogens is 2. The predicted octanol–water partition coefficient (Wildman–Crippen LogP) is 3.42. The minimum atomic E-state index is -0.310. The number of imidazole rings is 1. The highest BCUT2D eigenvalue weighted by Gasteiger charge is 2.09. The van der Waals surface area contributed by atoms with Gasteiger partial charge in [0.1, 0.15) is 5.75 Å². The van der Waals surface area contributed by atoms with Gasteiger partial charge >= 0.3 is 0 Å². The minimum Gasteiger partial charge on any atom is -0.494 e. The average Bonchev–Trinajstić information content (AvgIpc) is 3.28. The van der Waals surface area contributed by atoms with Crippen molar-refractivity contribution in [2.24, 2.45) is 0 Å². The van der Waals surface area contributed by atoms with Gasteiger partial charge in [-0.2, -0.15) is 0 Å². The average molecular weight is 392 g/mol. The number of ether oxygens (including phenoxy) is 1. The van der Waals surface area contributed by atoms with Crippen LogP contribution in [-0.4, -0.2) is 34.5 Å². The lowest BCUT2D eigenvalue weighted by Crippen LogP contribution is -2.32. The lowest BCUT2D eigenvalue weighted by atomic mass is 10.2. The fourth-order valence-corrected chi connectivity index (χ4v) is 2.63. The van der Waals surface area contributed by atoms with Crippen LogP contribution in [0.3, 0.4) is 0 Å². The number of nitrogens with zero attached hydrogens (tertiary/aromatic N) is 2. The number of carbonyl (C=O) groups is 2. The van der Waals surface area contributed by atoms with Crippen molar-refractivity contribution in [3.05, 3.63) is 72.8 Å². The number of amides is 2. The first-order valence-corrected chi connectivity index (χ1v) is 9.55. The van der Waals surface area contributed by atoms with Crippen molar-refractivity contribution in [3.8, 4) is 11.4 Å². The first-order valence-electron chi connectivity index (χ1n) is 9.55. The summed E-state index contributed by atoms with van der Waals surface area (Å²) in [5.41, 5.74) is 2.07. The van der Waals surface area contributed by atoms with Crippen LogP contribution in [0.2, 0.25) is 0 Å². The molecule has 2 amide bonds. The summed E-state index contributed by atoms with van der Waals surface area (Å²) in [6.45, 7) is 2.64. The molecular formula is C22H24N4O3. The van der Waals surface area contributed by atoms with E-state index in [1.165, 1.54) is 0 Å². The minimum absolute atomic E-state index is 0.114. The molecule has 0 radical (unpaired) electrons. The van der Waals surface area contributed by atoms with Gasteiger partial charge in [0.2, 0.25) is 5.91 Å². The van der Waals surface area contributed by atoms with Gasteiger partial charge in [-0.3, -0.25) is 9.59 Å². The second kappa shape index (κ2) is 10.1. The van der Waals surface area contributed by atoms with E-state index in [1.54, 1.807) is 48.9 Å². The third kappa shape index (κ3) is 5.93. The van der Waals surface area contributed by atoms with Gasteiger partial charge in [0.25, 0.3) is 5.91 Å². The molecule has 3 rings (SSSR count). The monoisotopic (exact) mass is 392 g/mol. The van der Waals surface area contributed by atoms with Gasteiger partial charge in [0, 0.05) is 29.3 Å². The molecule has 0 spiro atoms. The number of unbranched alkanes of at least 4 members (excludes halogenated alkanes) is 1. The molecule has 1 heterocycles. The van der Waals surface area contributed by atoms with Crippen molar-refractivity contribution < 1.29 is 14.3 Å². The molecule has 0 aliphatic rings. The SMILES string of the molecule is CCCCOc1ccc(C(=O)NCC(=O)Nc2ccc(-n3ccnc3)cc2)cc1. The zero-order valence-corrected chi connectivity index (χ0v) is 16.3. The normalized spacial score (nSPS) is 10.4. The number of carbonyl (C=O) groups excluding carboxylic acids is 2. The lowest BCUT2D eigenvalue weighted by Gasteiger charge is -2.09. The molecule has 0 aliphatic carbocycles. The van der Waals surface area contributed by atoms with Crippen LogP contribution < -0.4 is 15.4 Å². The zero-order chi connectivity index (χ0) is 20.5. The Morgan fingerprint density at radius 3 is 2.48 bits per heavy atom. The van der Waals surface area contributed by atoms with Crippen LogP contribution in [0, 0.1) is 0 Å². The van der Waals surface area contributed by atoms with Gasteiger partial charge in [-0.15, -0.1) is 0 Å². The summed E-state index contributed by atoms with van der Waals surface area (Å²) >= 11 is 0. The highest BCUT2D eigenvalue weighted by atomic mass is 16.5. The standard InChI is InChI=1S/C22H24N4O3/c1-2-3-14-29-20-10-4-17(5-11-20)22(28)24-15-21(27)25-18-6-8-19(9-7-18)26-13-12-23-16-26/h4-13,16H,2-3,14-15H2,1H3,(H,24,28)(H,25,27). The molecule has 0 fully saturated rings. The Kier molecular flexibility index (Phi) is 7.00. The topological polar surface area (TPSA) is 85.2 Å². The predicted molar refractivity (Wildman–Crippen MR) is 111 cm³/mol. The summed E-state index contributed by atoms with van der Waals surface area (Å²) < 4.78 is 7.44. The van der Waals surface area contributed by atoms with Crippen LogP contribution in [0.25, 0.3) is 5.69 Å². The van der Waals surface area contributed by atoms with Gasteiger partial charge < -0.3 is 19.9 Å². The number of anilines is 1. The maximum Gasteiger partial charge on any atom is 0.251 e. The third-order valence-electron chi connectivity index (χ3n) is 4.25. The van der Waals surface area contributed by atoms with Crippen molar-refractivity contribution in [1.82, 2.24) is 14.9 Å². The van der Waals surface area contributed by atoms with Crippen LogP contribution in [-0.2, 0) is 4.79 Å². The van der Waals surface area contributed by atoms with Gasteiger partial charge in [-0.25, -0.2) is 4.98 Å². The first kappa shape index (κ1) is 20.1. The molecule has 150 valence electrons. The number of hydrogen-bond donors (Lipinski definition) is 2. The van der Waals surface area contributed by atoms with Crippen LogP contribution >= 0.6 is 0 Å². The van der Waals surface area contributed by atoms with Crippen molar-refractivity contribution in [3.63, 3.8) is 0 Å². The fraction of sp³-hybridized carbons (Fsp3) is 0.227. The quantitative estimate of drug-likeness (QED) is 0.547. The number of hydrogen-bond acceptors (Lipinski definition) is 4. The van der Waals surface area contributed by atoms with E-state index in [1.807, 2.05) is 22.9 Å². The highest BCUT2D eigenvalue weighted by molar-refractivity contribution is 5.99. The molecular weight excluding hydrogens is 368 g/mol. The molecule has 7 nitrogen and oxygen atoms in total. The van der Waals surface area contributed by atoms with Crippen LogP contribution in [0.1, 0.15) is 30.1 Å². The van der Waals surface area contributed by atoms with E-state index >= 15 is 0 Å². The van der Waals surface area contributed by atoms with Gasteiger partial charge in [-0.05, 0) is 55.0 Å². The summed E-state index contributed by atoms with van der Waals surface area (Å²) in [5, 5.41) is 5.38. The summed E-state index contributed by atoms with van der Waals surface area (Å²) in [7, 11) is 0. The molecule has 2 N–H and O–H groups in total. The third-order valence-corrected chi connectivity index (χ3v) is 4.25. The van der Waals surface area contributed by atoms with E-state index < -0.39 is 0 Å². The molecule has 3 aromatic rings. The lowest BCUT2D eigenvalue weighted by molar-refractivity contribution is -0.115. The Morgan fingerprint density at radius 2 is 1.83 bits per heavy atom. The molecule has 0 unspecified atom stereocenters. The molecule has 0 saturated heterocycles. The highest BCUT2D eigenvalue weighted by Crippen LogP contribution is 2.14. The Hall–Kier alpha value is -3.61. The Morgan fingerprint density at radius 1 is 1.07 bits per heavy atom. The van der Waals surface area contributed by atoms with Crippen LogP contribution in [0.5, 0.6) is 5.75 Å². The Balaban J connectivity index is 1.45. The molecule has 29 heavy (non-hydrogen) atoms. The van der Waals surface area contributed by atoms with Crippen molar-refractivity contribution in [2.75, 3.05) is 18.5 Å². The van der Waals surface area contributed by atoms with Crippen molar-refractivity contribution in [1.29, 1.82) is 0 Å². The van der Waals surface area contributed by atoms with Gasteiger partial charge in [0.05, 0.1) is 19.5 Å². The molecule has 1 aromatic heterocycles. The van der Waals surface area contributed by atoms with E-state index in [0.717, 1.165) is 24.3 Å². The fourth-order valence-electron chi connectivity index (χ4n) is 2.63. The van der Waals surface area contributed by atoms with E-state index in [2.05, 4.69) is 22.5 Å². The Bertz CT molecular complexity index is 920. The van der Waals surface area contributed by atoms with E-state index in [-0.39, 0.29) is 18.4 Å². The molecule has 0 bridgehead atoms. The second-order valence-electron chi connectivity index (χ2n) is 6.47. The van der Waals surface area contributed by atoms with E-state index in [0.29, 0.717) is 17.9 Å². The molecule has 2 aromatic carbocycles. The van der Waals surface area contributed by atoms with Crippen molar-refractivity contribution >= 4 is 17.5 Å². The smallest absolute Gasteiger partial charge is 0.251 e.